The first-order valence-electron chi connectivity index (χ1n) is 6.89. The predicted octanol–water partition coefficient (Wildman–Crippen LogP) is 1.94. The molecule has 1 saturated heterocycles. The Labute approximate surface area is 115 Å². The number of rotatable bonds is 3. The van der Waals surface area contributed by atoms with Crippen LogP contribution in [0.3, 0.4) is 0 Å². The van der Waals surface area contributed by atoms with Gasteiger partial charge in [0.1, 0.15) is 0 Å². The van der Waals surface area contributed by atoms with Crippen molar-refractivity contribution >= 4 is 11.6 Å². The zero-order valence-electron chi connectivity index (χ0n) is 11.9. The molecule has 0 radical (unpaired) electrons. The second kappa shape index (κ2) is 6.06. The Morgan fingerprint density at radius 2 is 2.11 bits per heavy atom. The van der Waals surface area contributed by atoms with Gasteiger partial charge in [0.25, 0.3) is 5.91 Å². The normalized spacial score (nSPS) is 23.9. The van der Waals surface area contributed by atoms with Gasteiger partial charge < -0.3 is 15.5 Å². The maximum Gasteiger partial charge on any atom is 0.253 e. The highest BCUT2D eigenvalue weighted by Crippen LogP contribution is 2.18. The fraction of sp³-hybridized carbons (Fsp3) is 0.533. The smallest absolute Gasteiger partial charge is 0.253 e. The summed E-state index contributed by atoms with van der Waals surface area (Å²) in [6.45, 7) is 3.25. The predicted molar refractivity (Wildman–Crippen MR) is 78.6 cm³/mol. The van der Waals surface area contributed by atoms with Crippen molar-refractivity contribution < 1.29 is 4.79 Å². The average molecular weight is 261 g/mol. The van der Waals surface area contributed by atoms with Crippen LogP contribution in [0.4, 0.5) is 5.69 Å². The summed E-state index contributed by atoms with van der Waals surface area (Å²) >= 11 is 0. The Morgan fingerprint density at radius 3 is 2.79 bits per heavy atom. The van der Waals surface area contributed by atoms with E-state index in [1.807, 2.05) is 31.3 Å². The van der Waals surface area contributed by atoms with Gasteiger partial charge in [0.05, 0.1) is 5.56 Å². The lowest BCUT2D eigenvalue weighted by atomic mass is 9.98. The molecule has 2 rings (SSSR count). The van der Waals surface area contributed by atoms with Crippen molar-refractivity contribution in [3.05, 3.63) is 29.8 Å². The van der Waals surface area contributed by atoms with Crippen molar-refractivity contribution in [2.24, 2.45) is 0 Å². The topological polar surface area (TPSA) is 44.4 Å². The van der Waals surface area contributed by atoms with Crippen LogP contribution >= 0.6 is 0 Å². The zero-order valence-corrected chi connectivity index (χ0v) is 11.9. The van der Waals surface area contributed by atoms with Crippen LogP contribution in [-0.2, 0) is 0 Å². The minimum atomic E-state index is 0.0201. The van der Waals surface area contributed by atoms with Crippen molar-refractivity contribution in [3.63, 3.8) is 0 Å². The van der Waals surface area contributed by atoms with Crippen molar-refractivity contribution in [1.29, 1.82) is 0 Å². The summed E-state index contributed by atoms with van der Waals surface area (Å²) in [7, 11) is 3.97. The van der Waals surface area contributed by atoms with Gasteiger partial charge in [-0.2, -0.15) is 0 Å². The number of carbonyl (C=O) groups excluding carboxylic acids is 1. The molecule has 1 aromatic rings. The van der Waals surface area contributed by atoms with Crippen molar-refractivity contribution in [2.75, 3.05) is 26.0 Å². The molecule has 1 amide bonds. The van der Waals surface area contributed by atoms with E-state index in [0.29, 0.717) is 6.04 Å². The number of hydrogen-bond acceptors (Lipinski definition) is 3. The van der Waals surface area contributed by atoms with E-state index in [1.165, 1.54) is 0 Å². The average Bonchev–Trinajstić information content (AvgIpc) is 2.43. The van der Waals surface area contributed by atoms with Crippen LogP contribution in [0.15, 0.2) is 24.3 Å². The highest BCUT2D eigenvalue weighted by molar-refractivity contribution is 5.99. The second-order valence-corrected chi connectivity index (χ2v) is 5.32. The standard InChI is InChI=1S/C15H23N3O/c1-11-10-12(8-9-18(11)3)17-15(19)13-6-4-5-7-14(13)16-2/h4-7,11-12,16H,8-10H2,1-3H3,(H,17,19). The Kier molecular flexibility index (Phi) is 4.43. The van der Waals surface area contributed by atoms with Crippen LogP contribution in [0.5, 0.6) is 0 Å². The number of likely N-dealkylation sites (tertiary alicyclic amines) is 1. The molecule has 4 heteroatoms. The molecule has 0 aliphatic carbocycles. The molecule has 0 aromatic heterocycles. The number of anilines is 1. The largest absolute Gasteiger partial charge is 0.387 e. The number of carbonyl (C=O) groups is 1. The molecule has 0 spiro atoms. The molecule has 104 valence electrons. The number of benzene rings is 1. The fourth-order valence-corrected chi connectivity index (χ4v) is 2.58. The SMILES string of the molecule is CNc1ccccc1C(=O)NC1CCN(C)C(C)C1. The minimum absolute atomic E-state index is 0.0201. The van der Waals surface area contributed by atoms with Gasteiger partial charge in [0.2, 0.25) is 0 Å². The lowest BCUT2D eigenvalue weighted by Crippen LogP contribution is -2.47. The zero-order chi connectivity index (χ0) is 13.8. The molecule has 0 bridgehead atoms. The van der Waals surface area contributed by atoms with Gasteiger partial charge in [-0.25, -0.2) is 0 Å². The molecule has 2 unspecified atom stereocenters. The number of nitrogens with zero attached hydrogens (tertiary/aromatic N) is 1. The maximum atomic E-state index is 12.3. The number of hydrogen-bond donors (Lipinski definition) is 2. The van der Waals surface area contributed by atoms with Gasteiger partial charge in [-0.15, -0.1) is 0 Å². The van der Waals surface area contributed by atoms with Gasteiger partial charge in [0, 0.05) is 31.4 Å². The molecule has 1 fully saturated rings. The molecule has 0 saturated carbocycles. The van der Waals surface area contributed by atoms with Crippen LogP contribution in [0.25, 0.3) is 0 Å². The summed E-state index contributed by atoms with van der Waals surface area (Å²) in [5.41, 5.74) is 1.59. The lowest BCUT2D eigenvalue weighted by molar-refractivity contribution is 0.0897. The van der Waals surface area contributed by atoms with E-state index in [-0.39, 0.29) is 11.9 Å². The molecule has 1 aliphatic heterocycles. The van der Waals surface area contributed by atoms with Crippen LogP contribution < -0.4 is 10.6 Å². The molecular weight excluding hydrogens is 238 g/mol. The molecule has 1 aromatic carbocycles. The number of nitrogens with one attached hydrogen (secondary N) is 2. The lowest BCUT2D eigenvalue weighted by Gasteiger charge is -2.35. The Bertz CT molecular complexity index is 447. The third-order valence-corrected chi connectivity index (χ3v) is 3.98. The molecule has 19 heavy (non-hydrogen) atoms. The molecular formula is C15H23N3O. The van der Waals surface area contributed by atoms with Crippen LogP contribution in [0, 0.1) is 0 Å². The minimum Gasteiger partial charge on any atom is -0.387 e. The van der Waals surface area contributed by atoms with E-state index in [1.54, 1.807) is 0 Å². The van der Waals surface area contributed by atoms with E-state index in [9.17, 15) is 4.79 Å². The van der Waals surface area contributed by atoms with E-state index >= 15 is 0 Å². The first-order valence-corrected chi connectivity index (χ1v) is 6.89. The number of piperidine rings is 1. The van der Waals surface area contributed by atoms with E-state index in [4.69, 9.17) is 0 Å². The third-order valence-electron chi connectivity index (χ3n) is 3.98. The molecule has 1 heterocycles. The first kappa shape index (κ1) is 13.9. The first-order chi connectivity index (χ1) is 9.11. The summed E-state index contributed by atoms with van der Waals surface area (Å²) in [6.07, 6.45) is 2.04. The van der Waals surface area contributed by atoms with E-state index < -0.39 is 0 Å². The summed E-state index contributed by atoms with van der Waals surface area (Å²) < 4.78 is 0. The highest BCUT2D eigenvalue weighted by atomic mass is 16.1. The molecule has 2 N–H and O–H groups in total. The maximum absolute atomic E-state index is 12.3. The summed E-state index contributed by atoms with van der Waals surface area (Å²) in [5, 5.41) is 6.22. The number of para-hydroxylation sites is 1. The number of amides is 1. The second-order valence-electron chi connectivity index (χ2n) is 5.32. The molecule has 2 atom stereocenters. The molecule has 1 aliphatic rings. The van der Waals surface area contributed by atoms with Crippen LogP contribution in [0.2, 0.25) is 0 Å². The third kappa shape index (κ3) is 3.26. The van der Waals surface area contributed by atoms with Gasteiger partial charge in [-0.3, -0.25) is 4.79 Å². The Balaban J connectivity index is 2.01. The summed E-state index contributed by atoms with van der Waals surface area (Å²) in [6, 6.07) is 8.42. The Hall–Kier alpha value is -1.55. The fourth-order valence-electron chi connectivity index (χ4n) is 2.58. The van der Waals surface area contributed by atoms with Crippen molar-refractivity contribution in [2.45, 2.75) is 31.8 Å². The monoisotopic (exact) mass is 261 g/mol. The summed E-state index contributed by atoms with van der Waals surface area (Å²) in [5.74, 6) is 0.0201. The van der Waals surface area contributed by atoms with Crippen molar-refractivity contribution in [3.8, 4) is 0 Å². The van der Waals surface area contributed by atoms with Crippen LogP contribution in [0.1, 0.15) is 30.1 Å². The quantitative estimate of drug-likeness (QED) is 0.874. The van der Waals surface area contributed by atoms with Gasteiger partial charge in [-0.05, 0) is 38.9 Å². The highest BCUT2D eigenvalue weighted by Gasteiger charge is 2.24. The summed E-state index contributed by atoms with van der Waals surface area (Å²) in [4.78, 5) is 14.7. The van der Waals surface area contributed by atoms with E-state index in [0.717, 1.165) is 30.6 Å². The van der Waals surface area contributed by atoms with Gasteiger partial charge in [0.15, 0.2) is 0 Å². The van der Waals surface area contributed by atoms with E-state index in [2.05, 4.69) is 29.5 Å². The Morgan fingerprint density at radius 1 is 1.37 bits per heavy atom. The molecule has 4 nitrogen and oxygen atoms in total. The van der Waals surface area contributed by atoms with Gasteiger partial charge in [-0.1, -0.05) is 12.1 Å². The van der Waals surface area contributed by atoms with Crippen molar-refractivity contribution in [1.82, 2.24) is 10.2 Å². The van der Waals surface area contributed by atoms with Crippen LogP contribution in [-0.4, -0.2) is 43.5 Å². The van der Waals surface area contributed by atoms with Gasteiger partial charge >= 0.3 is 0 Å².